The summed E-state index contributed by atoms with van der Waals surface area (Å²) >= 11 is 0. The average Bonchev–Trinajstić information content (AvgIpc) is 2.43. The second-order valence-corrected chi connectivity index (χ2v) is 4.48. The molecule has 0 aliphatic heterocycles. The van der Waals surface area contributed by atoms with Crippen LogP contribution in [-0.2, 0) is 0 Å². The summed E-state index contributed by atoms with van der Waals surface area (Å²) < 4.78 is 0. The van der Waals surface area contributed by atoms with Crippen LogP contribution in [0.4, 0.5) is 0 Å². The quantitative estimate of drug-likeness (QED) is 0.367. The lowest BCUT2D eigenvalue weighted by atomic mass is 9.97. The van der Waals surface area contributed by atoms with E-state index < -0.39 is 0 Å². The number of rotatable bonds is 5. The molecule has 0 atom stereocenters. The first-order valence-electron chi connectivity index (χ1n) is 7.19. The van der Waals surface area contributed by atoms with Gasteiger partial charge in [-0.15, -0.1) is 13.2 Å². The van der Waals surface area contributed by atoms with Gasteiger partial charge in [-0.3, -0.25) is 0 Å². The van der Waals surface area contributed by atoms with E-state index in [1.54, 1.807) is 0 Å². The first kappa shape index (κ1) is 23.5. The van der Waals surface area contributed by atoms with Gasteiger partial charge in [-0.25, -0.2) is 0 Å². The van der Waals surface area contributed by atoms with Gasteiger partial charge in [0, 0.05) is 0 Å². The SMILES string of the molecule is C=C.C=C(C)/C=C\C(=C/C)C(=C)CC(C)=C(C)C.CC. The van der Waals surface area contributed by atoms with Crippen molar-refractivity contribution in [2.75, 3.05) is 0 Å². The van der Waals surface area contributed by atoms with E-state index in [9.17, 15) is 0 Å². The third-order valence-corrected chi connectivity index (χ3v) is 2.60. The van der Waals surface area contributed by atoms with Crippen LogP contribution >= 0.6 is 0 Å². The van der Waals surface area contributed by atoms with E-state index in [1.165, 1.54) is 22.3 Å². The molecule has 0 bridgehead atoms. The summed E-state index contributed by atoms with van der Waals surface area (Å²) in [6, 6.07) is 0. The van der Waals surface area contributed by atoms with Crippen LogP contribution in [-0.4, -0.2) is 0 Å². The topological polar surface area (TPSA) is 0 Å². The van der Waals surface area contributed by atoms with Crippen molar-refractivity contribution in [2.24, 2.45) is 0 Å². The fourth-order valence-electron chi connectivity index (χ4n) is 1.25. The zero-order valence-corrected chi connectivity index (χ0v) is 14.8. The third-order valence-electron chi connectivity index (χ3n) is 2.60. The molecule has 0 nitrogen and oxygen atoms in total. The van der Waals surface area contributed by atoms with Crippen molar-refractivity contribution in [1.82, 2.24) is 0 Å². The maximum absolute atomic E-state index is 4.14. The summed E-state index contributed by atoms with van der Waals surface area (Å²) in [6.07, 6.45) is 7.16. The molecule has 0 saturated heterocycles. The highest BCUT2D eigenvalue weighted by molar-refractivity contribution is 5.41. The first-order chi connectivity index (χ1) is 9.38. The van der Waals surface area contributed by atoms with Gasteiger partial charge in [0.25, 0.3) is 0 Å². The molecule has 0 heteroatoms. The van der Waals surface area contributed by atoms with Gasteiger partial charge in [0.1, 0.15) is 0 Å². The maximum Gasteiger partial charge on any atom is -0.00675 e. The molecular weight excluding hydrogens is 240 g/mol. The second-order valence-electron chi connectivity index (χ2n) is 4.48. The lowest BCUT2D eigenvalue weighted by Crippen LogP contribution is -1.89. The molecule has 0 rings (SSSR count). The molecule has 0 saturated carbocycles. The van der Waals surface area contributed by atoms with Crippen LogP contribution < -0.4 is 0 Å². The fourth-order valence-corrected chi connectivity index (χ4v) is 1.25. The Labute approximate surface area is 128 Å². The zero-order valence-electron chi connectivity index (χ0n) is 14.8. The Morgan fingerprint density at radius 1 is 0.900 bits per heavy atom. The van der Waals surface area contributed by atoms with Crippen LogP contribution in [0.25, 0.3) is 0 Å². The molecule has 0 aromatic carbocycles. The van der Waals surface area contributed by atoms with Gasteiger partial charge < -0.3 is 0 Å². The molecular formula is C20H34. The molecule has 0 heterocycles. The fraction of sp³-hybridized carbons (Fsp3) is 0.400. The Kier molecular flexibility index (Phi) is 18.2. The van der Waals surface area contributed by atoms with Crippen LogP contribution in [0.2, 0.25) is 0 Å². The standard InChI is InChI=1S/C16H24.C2H6.C2H4/c1-8-16(10-9-12(2)3)15(7)11-14(6)13(4)5;2*1-2/h8-10H,2,7,11H2,1,3-6H3;1-2H3;1-2H2/b10-9-,16-8+;;. The molecule has 0 aliphatic carbocycles. The van der Waals surface area contributed by atoms with Crippen molar-refractivity contribution in [1.29, 1.82) is 0 Å². The summed E-state index contributed by atoms with van der Waals surface area (Å²) in [5, 5.41) is 0. The minimum Gasteiger partial charge on any atom is -0.106 e. The van der Waals surface area contributed by atoms with Crippen LogP contribution in [0.1, 0.15) is 54.9 Å². The van der Waals surface area contributed by atoms with Gasteiger partial charge in [-0.2, -0.15) is 0 Å². The van der Waals surface area contributed by atoms with Gasteiger partial charge in [0.05, 0.1) is 0 Å². The minimum atomic E-state index is 0.947. The third kappa shape index (κ3) is 12.9. The Balaban J connectivity index is -0.000000656. The zero-order chi connectivity index (χ0) is 16.7. The molecule has 0 aromatic rings. The van der Waals surface area contributed by atoms with Crippen molar-refractivity contribution in [3.05, 3.63) is 72.4 Å². The number of hydrogen-bond acceptors (Lipinski definition) is 0. The van der Waals surface area contributed by atoms with E-state index in [0.717, 1.165) is 12.0 Å². The van der Waals surface area contributed by atoms with Crippen LogP contribution in [0, 0.1) is 0 Å². The van der Waals surface area contributed by atoms with E-state index in [4.69, 9.17) is 0 Å². The highest BCUT2D eigenvalue weighted by Gasteiger charge is 2.01. The van der Waals surface area contributed by atoms with Gasteiger partial charge in [0.2, 0.25) is 0 Å². The van der Waals surface area contributed by atoms with E-state index in [1.807, 2.05) is 33.8 Å². The molecule has 0 unspecified atom stereocenters. The molecule has 114 valence electrons. The Morgan fingerprint density at radius 2 is 1.35 bits per heavy atom. The lowest BCUT2D eigenvalue weighted by Gasteiger charge is -2.08. The smallest absolute Gasteiger partial charge is 0.00675 e. The first-order valence-corrected chi connectivity index (χ1v) is 7.19. The van der Waals surface area contributed by atoms with E-state index in [0.29, 0.717) is 0 Å². The van der Waals surface area contributed by atoms with Gasteiger partial charge in [-0.1, -0.05) is 62.0 Å². The Morgan fingerprint density at radius 3 is 1.65 bits per heavy atom. The van der Waals surface area contributed by atoms with E-state index in [-0.39, 0.29) is 0 Å². The van der Waals surface area contributed by atoms with Crippen LogP contribution in [0.3, 0.4) is 0 Å². The minimum absolute atomic E-state index is 0.947. The highest BCUT2D eigenvalue weighted by atomic mass is 14.1. The van der Waals surface area contributed by atoms with Crippen LogP contribution in [0.15, 0.2) is 72.4 Å². The Hall–Kier alpha value is -1.56. The molecule has 0 radical (unpaired) electrons. The molecule has 0 aromatic heterocycles. The second kappa shape index (κ2) is 15.5. The van der Waals surface area contributed by atoms with Crippen molar-refractivity contribution < 1.29 is 0 Å². The summed E-state index contributed by atoms with van der Waals surface area (Å²) in [5.74, 6) is 0. The van der Waals surface area contributed by atoms with Crippen molar-refractivity contribution in [3.63, 3.8) is 0 Å². The average molecular weight is 274 g/mol. The number of allylic oxidation sites excluding steroid dienone is 8. The molecule has 0 N–H and O–H groups in total. The number of hydrogen-bond donors (Lipinski definition) is 0. The molecule has 0 fully saturated rings. The normalized spacial score (nSPS) is 9.85. The van der Waals surface area contributed by atoms with Crippen molar-refractivity contribution >= 4 is 0 Å². The summed E-state index contributed by atoms with van der Waals surface area (Å²) in [6.45, 7) is 28.5. The molecule has 0 aliphatic rings. The summed E-state index contributed by atoms with van der Waals surface area (Å²) in [5.41, 5.74) is 6.20. The highest BCUT2D eigenvalue weighted by Crippen LogP contribution is 2.20. The summed E-state index contributed by atoms with van der Waals surface area (Å²) in [7, 11) is 0. The van der Waals surface area contributed by atoms with Crippen LogP contribution in [0.5, 0.6) is 0 Å². The molecule has 0 spiro atoms. The predicted octanol–water partition coefficient (Wildman–Crippen LogP) is 7.20. The lowest BCUT2D eigenvalue weighted by molar-refractivity contribution is 1.08. The molecule has 20 heavy (non-hydrogen) atoms. The van der Waals surface area contributed by atoms with Gasteiger partial charge in [-0.05, 0) is 52.2 Å². The van der Waals surface area contributed by atoms with Gasteiger partial charge >= 0.3 is 0 Å². The molecule has 0 amide bonds. The summed E-state index contributed by atoms with van der Waals surface area (Å²) in [4.78, 5) is 0. The Bertz CT molecular complexity index is 369. The maximum atomic E-state index is 4.14. The van der Waals surface area contributed by atoms with E-state index in [2.05, 4.69) is 59.2 Å². The predicted molar refractivity (Wildman–Crippen MR) is 98.1 cm³/mol. The largest absolute Gasteiger partial charge is 0.106 e. The van der Waals surface area contributed by atoms with Gasteiger partial charge in [0.15, 0.2) is 0 Å². The van der Waals surface area contributed by atoms with Crippen molar-refractivity contribution in [3.8, 4) is 0 Å². The monoisotopic (exact) mass is 274 g/mol. The van der Waals surface area contributed by atoms with Crippen molar-refractivity contribution in [2.45, 2.75) is 54.9 Å². The van der Waals surface area contributed by atoms with E-state index >= 15 is 0 Å².